The molecular weight excluding hydrogens is 1080 g/mol. The van der Waals surface area contributed by atoms with Crippen molar-refractivity contribution in [2.24, 2.45) is 5.92 Å². The Hall–Kier alpha value is -7.35. The van der Waals surface area contributed by atoms with E-state index in [-0.39, 0.29) is 24.5 Å². The summed E-state index contributed by atoms with van der Waals surface area (Å²) in [6.45, 7) is 6.66. The number of carbonyl (C=O) groups is 12. The zero-order valence-electron chi connectivity index (χ0n) is 43.8. The highest BCUT2D eigenvalue weighted by Gasteiger charge is 2.39. The molecule has 3 rings (SSSR count). The predicted molar refractivity (Wildman–Crippen MR) is 283 cm³/mol. The smallest absolute Gasteiger partial charge is 0.305 e. The first-order chi connectivity index (χ1) is 37.1. The van der Waals surface area contributed by atoms with Gasteiger partial charge >= 0.3 is 11.9 Å². The molecule has 2 aromatic rings. The van der Waals surface area contributed by atoms with Crippen LogP contribution in [0, 0.1) is 5.92 Å². The number of aliphatic hydroxyl groups is 3. The fourth-order valence-electron chi connectivity index (χ4n) is 7.75. The molecule has 2 heterocycles. The fraction of sp³-hybridized carbons (Fsp3) is 0.562. The minimum absolute atomic E-state index is 0.0834. The maximum Gasteiger partial charge on any atom is 0.305 e. The number of carbonyl (C=O) groups excluding carboxylic acids is 10. The number of aromatic nitrogens is 2. The number of rotatable bonds is 16. The lowest BCUT2D eigenvalue weighted by molar-refractivity contribution is -0.142. The molecule has 13 atom stereocenters. The Balaban J connectivity index is 2.22. The van der Waals surface area contributed by atoms with Crippen LogP contribution in [0.1, 0.15) is 71.6 Å². The lowest BCUT2D eigenvalue weighted by Crippen LogP contribution is -2.64. The van der Waals surface area contributed by atoms with Crippen molar-refractivity contribution in [2.45, 2.75) is 152 Å². The van der Waals surface area contributed by atoms with Gasteiger partial charge in [0.15, 0.2) is 0 Å². The lowest BCUT2D eigenvalue weighted by Gasteiger charge is -2.30. The quantitative estimate of drug-likeness (QED) is 0.0697. The molecule has 0 unspecified atom stereocenters. The van der Waals surface area contributed by atoms with Crippen LogP contribution in [0.2, 0.25) is 0 Å². The summed E-state index contributed by atoms with van der Waals surface area (Å²) in [4.78, 5) is 170. The molecule has 79 heavy (non-hydrogen) atoms. The Morgan fingerprint density at radius 3 is 1.34 bits per heavy atom. The van der Waals surface area contributed by atoms with Crippen LogP contribution in [0.4, 0.5) is 0 Å². The number of benzene rings is 1. The number of hydrogen-bond acceptors (Lipinski definition) is 18. The summed E-state index contributed by atoms with van der Waals surface area (Å²) in [7, 11) is 0. The number of imidazole rings is 1. The van der Waals surface area contributed by atoms with Crippen molar-refractivity contribution >= 4 is 96.3 Å². The van der Waals surface area contributed by atoms with Gasteiger partial charge in [0.05, 0.1) is 31.1 Å². The van der Waals surface area contributed by atoms with E-state index in [2.05, 4.69) is 88.4 Å². The standard InChI is InChI=1S/C48H70N12O17S2/c1-21(2)13-28-40(69)56-32(18-78)44(73)57-33(19-79)45(74)59-38(24(5)63)48(77)60-37(23(4)62)47(76)55-30(15-26-17-49-20-50-26)41(70)53-31(16-35(66)67)42(71)51-27(11-12-34(64)65)39(68)52-29(14-25-9-7-6-8-10-25)43(72)58-36(22(3)61)46(75)54-28/h6-10,17,20-24,27-33,36-38,61-63,78-79H,11-16,18-19H2,1-5H3,(H,49,50)(H,51,71)(H,52,68)(H,53,70)(H,54,75)(H,55,76)(H,56,69)(H,57,73)(H,58,72)(H,59,74)(H,60,77)(H,64,65)(H,66,67)/t22-,23+,24+,27-,28-,29-,30-,31-,32-,33-,36-,37-,38-/m0/s1. The summed E-state index contributed by atoms with van der Waals surface area (Å²) in [6, 6.07) is -9.72. The van der Waals surface area contributed by atoms with Crippen molar-refractivity contribution in [3.8, 4) is 0 Å². The number of nitrogens with one attached hydrogen (secondary N) is 11. The summed E-state index contributed by atoms with van der Waals surface area (Å²) >= 11 is 8.33. The highest BCUT2D eigenvalue weighted by Crippen LogP contribution is 2.12. The van der Waals surface area contributed by atoms with Gasteiger partial charge in [0.2, 0.25) is 59.1 Å². The molecule has 31 heteroatoms. The molecule has 436 valence electrons. The molecule has 0 aliphatic carbocycles. The second kappa shape index (κ2) is 31.9. The van der Waals surface area contributed by atoms with Gasteiger partial charge in [0, 0.05) is 42.7 Å². The zero-order valence-corrected chi connectivity index (χ0v) is 45.5. The number of aromatic amines is 1. The number of aliphatic carboxylic acids is 2. The average molecular weight is 1150 g/mol. The van der Waals surface area contributed by atoms with Gasteiger partial charge in [0.25, 0.3) is 0 Å². The van der Waals surface area contributed by atoms with Crippen molar-refractivity contribution in [2.75, 3.05) is 11.5 Å². The van der Waals surface area contributed by atoms with E-state index in [1.54, 1.807) is 44.2 Å². The van der Waals surface area contributed by atoms with E-state index in [1.807, 2.05) is 0 Å². The Kier molecular flexibility index (Phi) is 26.6. The average Bonchev–Trinajstić information content (AvgIpc) is 3.91. The van der Waals surface area contributed by atoms with Crippen molar-refractivity contribution in [3.63, 3.8) is 0 Å². The van der Waals surface area contributed by atoms with Gasteiger partial charge in [-0.05, 0) is 45.1 Å². The number of H-pyrrole nitrogens is 1. The van der Waals surface area contributed by atoms with Gasteiger partial charge < -0.3 is 83.7 Å². The predicted octanol–water partition coefficient (Wildman–Crippen LogP) is -5.56. The van der Waals surface area contributed by atoms with E-state index in [4.69, 9.17) is 0 Å². The van der Waals surface area contributed by atoms with Gasteiger partial charge in [0.1, 0.15) is 60.4 Å². The maximum absolute atomic E-state index is 14.3. The maximum atomic E-state index is 14.3. The van der Waals surface area contributed by atoms with Gasteiger partial charge in [-0.3, -0.25) is 57.5 Å². The SMILES string of the molecule is CC(C)C[C@@H]1NC(=O)[C@H]([C@H](C)O)NC(=O)[C@H](Cc2ccccc2)NC(=O)[C@H](CCC(=O)O)NC(=O)[C@H](CC(=O)O)NC(=O)[C@H](Cc2cnc[nH]2)NC(=O)[C@H]([C@@H](C)O)NC(=O)[C@H]([C@@H](C)O)NC(=O)[C@H](CS)NC(=O)[C@H](CS)NC1=O. The topological polar surface area (TPSA) is 455 Å². The monoisotopic (exact) mass is 1150 g/mol. The van der Waals surface area contributed by atoms with E-state index in [0.29, 0.717) is 5.56 Å². The Morgan fingerprint density at radius 2 is 0.873 bits per heavy atom. The van der Waals surface area contributed by atoms with E-state index in [9.17, 15) is 83.1 Å². The molecule has 1 saturated heterocycles. The lowest BCUT2D eigenvalue weighted by atomic mass is 10.0. The Bertz CT molecular complexity index is 2470. The molecular formula is C48H70N12O17S2. The zero-order chi connectivity index (χ0) is 59.3. The summed E-state index contributed by atoms with van der Waals surface area (Å²) in [6.07, 6.45) is -6.28. The minimum Gasteiger partial charge on any atom is -0.481 e. The number of hydrogen-bond donors (Lipinski definition) is 18. The first-order valence-corrected chi connectivity index (χ1v) is 26.2. The second-order valence-electron chi connectivity index (χ2n) is 19.1. The first kappa shape index (κ1) is 65.9. The molecule has 1 aliphatic rings. The second-order valence-corrected chi connectivity index (χ2v) is 19.8. The molecule has 0 saturated carbocycles. The summed E-state index contributed by atoms with van der Waals surface area (Å²) in [5.41, 5.74) is 0.602. The highest BCUT2D eigenvalue weighted by atomic mass is 32.1. The van der Waals surface area contributed by atoms with Crippen LogP contribution >= 0.6 is 25.3 Å². The van der Waals surface area contributed by atoms with Crippen LogP contribution in [0.25, 0.3) is 0 Å². The Labute approximate surface area is 464 Å². The van der Waals surface area contributed by atoms with Gasteiger partial charge in [-0.1, -0.05) is 44.2 Å². The number of thiol groups is 2. The minimum atomic E-state index is -2.08. The van der Waals surface area contributed by atoms with Crippen molar-refractivity contribution in [3.05, 3.63) is 54.1 Å². The van der Waals surface area contributed by atoms with Crippen LogP contribution in [-0.2, 0) is 70.4 Å². The number of amides is 10. The van der Waals surface area contributed by atoms with Crippen LogP contribution in [0.15, 0.2) is 42.9 Å². The molecule has 1 aromatic carbocycles. The molecule has 0 spiro atoms. The molecule has 10 amide bonds. The largest absolute Gasteiger partial charge is 0.481 e. The van der Waals surface area contributed by atoms with Crippen LogP contribution in [0.3, 0.4) is 0 Å². The molecule has 0 radical (unpaired) electrons. The molecule has 1 aromatic heterocycles. The number of carboxylic acid groups (broad SMARTS) is 2. The Morgan fingerprint density at radius 1 is 0.494 bits per heavy atom. The normalized spacial score (nSPS) is 26.4. The molecule has 1 aliphatic heterocycles. The van der Waals surface area contributed by atoms with Crippen molar-refractivity contribution in [1.82, 2.24) is 63.1 Å². The van der Waals surface area contributed by atoms with E-state index in [1.165, 1.54) is 12.5 Å². The number of nitrogens with zero attached hydrogens (tertiary/aromatic N) is 1. The van der Waals surface area contributed by atoms with Gasteiger partial charge in [-0.25, -0.2) is 4.98 Å². The number of carboxylic acids is 2. The van der Waals surface area contributed by atoms with E-state index >= 15 is 0 Å². The van der Waals surface area contributed by atoms with Crippen LogP contribution < -0.4 is 53.2 Å². The third-order valence-corrected chi connectivity index (χ3v) is 12.7. The number of aliphatic hydroxyl groups excluding tert-OH is 3. The first-order valence-electron chi connectivity index (χ1n) is 24.9. The van der Waals surface area contributed by atoms with E-state index in [0.717, 1.165) is 20.8 Å². The third-order valence-electron chi connectivity index (χ3n) is 12.0. The molecule has 0 bridgehead atoms. The fourth-order valence-corrected chi connectivity index (χ4v) is 8.26. The van der Waals surface area contributed by atoms with Crippen molar-refractivity contribution in [1.29, 1.82) is 0 Å². The van der Waals surface area contributed by atoms with E-state index < -0.39 is 187 Å². The highest BCUT2D eigenvalue weighted by molar-refractivity contribution is 7.80. The van der Waals surface area contributed by atoms with Gasteiger partial charge in [-0.2, -0.15) is 25.3 Å². The summed E-state index contributed by atoms with van der Waals surface area (Å²) in [5, 5.41) is 75.1. The van der Waals surface area contributed by atoms with Crippen LogP contribution in [-0.4, -0.2) is 197 Å². The molecule has 1 fully saturated rings. The van der Waals surface area contributed by atoms with Crippen LogP contribution in [0.5, 0.6) is 0 Å². The third kappa shape index (κ3) is 21.4. The summed E-state index contributed by atoms with van der Waals surface area (Å²) < 4.78 is 0. The van der Waals surface area contributed by atoms with Gasteiger partial charge in [-0.15, -0.1) is 0 Å². The molecule has 16 N–H and O–H groups in total. The summed E-state index contributed by atoms with van der Waals surface area (Å²) in [5.74, 6) is -16.0. The van der Waals surface area contributed by atoms with Crippen molar-refractivity contribution < 1.29 is 83.1 Å². The molecule has 29 nitrogen and oxygen atoms in total.